The number of piperidine rings is 1. The third-order valence-electron chi connectivity index (χ3n) is 6.15. The van der Waals surface area contributed by atoms with Gasteiger partial charge in [-0.1, -0.05) is 0 Å². The van der Waals surface area contributed by atoms with Gasteiger partial charge >= 0.3 is 0 Å². The Kier molecular flexibility index (Phi) is 10.7. The van der Waals surface area contributed by atoms with Gasteiger partial charge in [-0.05, 0) is 19.8 Å². The fraction of sp³-hybridized carbons (Fsp3) is 0.545. The van der Waals surface area contributed by atoms with E-state index in [0.29, 0.717) is 6.42 Å². The highest BCUT2D eigenvalue weighted by Crippen LogP contribution is 2.39. The molecule has 2 saturated heterocycles. The number of carbonyl (C=O) groups is 3. The first-order valence-corrected chi connectivity index (χ1v) is 11.1. The Bertz CT molecular complexity index is 900. The minimum absolute atomic E-state index is 0.212. The number of aromatic nitrogens is 4. The summed E-state index contributed by atoms with van der Waals surface area (Å²) >= 11 is 0. The van der Waals surface area contributed by atoms with Crippen molar-refractivity contribution >= 4 is 18.9 Å². The number of hydrogen-bond donors (Lipinski definition) is 5. The van der Waals surface area contributed by atoms with Crippen LogP contribution in [0.2, 0.25) is 0 Å². The average molecular weight is 493 g/mol. The number of H-pyrrole nitrogens is 1. The van der Waals surface area contributed by atoms with E-state index in [1.165, 1.54) is 18.6 Å². The Morgan fingerprint density at radius 3 is 2.49 bits per heavy atom. The van der Waals surface area contributed by atoms with E-state index >= 15 is 0 Å². The van der Waals surface area contributed by atoms with Gasteiger partial charge in [-0.15, -0.1) is 0 Å². The van der Waals surface area contributed by atoms with E-state index in [9.17, 15) is 9.90 Å². The number of hydrogen-bond acceptors (Lipinski definition) is 9. The van der Waals surface area contributed by atoms with Gasteiger partial charge < -0.3 is 35.3 Å². The van der Waals surface area contributed by atoms with E-state index in [4.69, 9.17) is 24.5 Å². The highest BCUT2D eigenvalue weighted by atomic mass is 16.5. The zero-order valence-electron chi connectivity index (χ0n) is 19.5. The largest absolute Gasteiger partial charge is 0.483 e. The lowest BCUT2D eigenvalue weighted by molar-refractivity contribution is -0.177. The lowest BCUT2D eigenvalue weighted by Gasteiger charge is -2.52. The molecule has 192 valence electrons. The molecule has 4 rings (SSSR count). The standard InChI is InChI=1S/C20H28N6O3.2CH2O2/c1-19(25-18(28)15-12-21-5-6-22-15)14-20(29-13-16(19)27)3-10-26(11-4-20)9-2-17-23-7-8-24-17;2*2-1-3/h5-8,12,16,27H,2-4,9-11,13-14H2,1H3,(H,23,24)(H,25,28);2*1H,(H,2,3)/t16-,19-;;/m1../s1. The molecule has 4 heterocycles. The molecule has 0 aromatic carbocycles. The summed E-state index contributed by atoms with van der Waals surface area (Å²) < 4.78 is 6.13. The smallest absolute Gasteiger partial charge is 0.290 e. The van der Waals surface area contributed by atoms with Crippen molar-refractivity contribution < 1.29 is 34.4 Å². The van der Waals surface area contributed by atoms with E-state index in [1.54, 1.807) is 6.20 Å². The maximum atomic E-state index is 12.6. The molecule has 0 radical (unpaired) electrons. The minimum Gasteiger partial charge on any atom is -0.483 e. The van der Waals surface area contributed by atoms with Crippen LogP contribution in [0.5, 0.6) is 0 Å². The van der Waals surface area contributed by atoms with Crippen LogP contribution in [0.1, 0.15) is 42.5 Å². The summed E-state index contributed by atoms with van der Waals surface area (Å²) in [4.78, 5) is 47.2. The number of carbonyl (C=O) groups excluding carboxylic acids is 1. The number of nitrogens with one attached hydrogen (secondary N) is 2. The van der Waals surface area contributed by atoms with Crippen LogP contribution in [0.4, 0.5) is 0 Å². The quantitative estimate of drug-likeness (QED) is 0.352. The summed E-state index contributed by atoms with van der Waals surface area (Å²) in [7, 11) is 0. The third kappa shape index (κ3) is 8.09. The Morgan fingerprint density at radius 2 is 1.91 bits per heavy atom. The second-order valence-corrected chi connectivity index (χ2v) is 8.49. The number of ether oxygens (including phenoxy) is 1. The predicted molar refractivity (Wildman–Crippen MR) is 123 cm³/mol. The maximum absolute atomic E-state index is 12.6. The molecule has 2 fully saturated rings. The lowest BCUT2D eigenvalue weighted by Crippen LogP contribution is -2.65. The molecule has 0 unspecified atom stereocenters. The van der Waals surface area contributed by atoms with Crippen molar-refractivity contribution in [3.05, 3.63) is 42.5 Å². The molecule has 2 aliphatic rings. The van der Waals surface area contributed by atoms with E-state index in [2.05, 4.69) is 30.2 Å². The van der Waals surface area contributed by atoms with Crippen molar-refractivity contribution in [3.8, 4) is 0 Å². The first kappa shape index (κ1) is 27.8. The molecule has 0 aliphatic carbocycles. The molecule has 1 amide bonds. The highest BCUT2D eigenvalue weighted by Gasteiger charge is 2.50. The highest BCUT2D eigenvalue weighted by molar-refractivity contribution is 5.92. The molecule has 0 saturated carbocycles. The summed E-state index contributed by atoms with van der Waals surface area (Å²) in [6.45, 7) is 4.39. The van der Waals surface area contributed by atoms with Gasteiger partial charge in [-0.2, -0.15) is 0 Å². The zero-order valence-corrected chi connectivity index (χ0v) is 19.5. The number of aromatic amines is 1. The number of amides is 1. The molecule has 1 spiro atoms. The van der Waals surface area contributed by atoms with Crippen LogP contribution >= 0.6 is 0 Å². The van der Waals surface area contributed by atoms with Crippen LogP contribution in [0.25, 0.3) is 0 Å². The molecule has 2 aromatic heterocycles. The second-order valence-electron chi connectivity index (χ2n) is 8.49. The Morgan fingerprint density at radius 1 is 1.23 bits per heavy atom. The number of imidazole rings is 1. The molecule has 2 atom stereocenters. The van der Waals surface area contributed by atoms with Gasteiger partial charge in [0.25, 0.3) is 18.9 Å². The Balaban J connectivity index is 0.000000655. The fourth-order valence-corrected chi connectivity index (χ4v) is 4.35. The van der Waals surface area contributed by atoms with E-state index < -0.39 is 11.6 Å². The van der Waals surface area contributed by atoms with Crippen LogP contribution in [0.15, 0.2) is 31.0 Å². The number of likely N-dealkylation sites (tertiary alicyclic amines) is 1. The average Bonchev–Trinajstić information content (AvgIpc) is 3.37. The monoisotopic (exact) mass is 492 g/mol. The molecule has 13 heteroatoms. The van der Waals surface area contributed by atoms with Crippen LogP contribution in [0.3, 0.4) is 0 Å². The summed E-state index contributed by atoms with van der Waals surface area (Å²) in [6.07, 6.45) is 10.5. The van der Waals surface area contributed by atoms with Crippen molar-refractivity contribution in [2.75, 3.05) is 26.2 Å². The van der Waals surface area contributed by atoms with Crippen LogP contribution in [0, 0.1) is 0 Å². The second kappa shape index (κ2) is 13.5. The van der Waals surface area contributed by atoms with Crippen molar-refractivity contribution in [3.63, 3.8) is 0 Å². The van der Waals surface area contributed by atoms with Gasteiger partial charge in [0.2, 0.25) is 0 Å². The maximum Gasteiger partial charge on any atom is 0.290 e. The summed E-state index contributed by atoms with van der Waals surface area (Å²) in [5, 5.41) is 27.4. The molecule has 13 nitrogen and oxygen atoms in total. The molecular weight excluding hydrogens is 460 g/mol. The van der Waals surface area contributed by atoms with Crippen molar-refractivity contribution in [2.45, 2.75) is 49.9 Å². The number of rotatable bonds is 5. The van der Waals surface area contributed by atoms with Gasteiger partial charge in [-0.25, -0.2) is 9.97 Å². The number of carboxylic acid groups (broad SMARTS) is 2. The van der Waals surface area contributed by atoms with Crippen molar-refractivity contribution in [1.82, 2.24) is 30.2 Å². The SMILES string of the molecule is C[C@@]1(NC(=O)c2cnccn2)CC2(CCN(CCc3ncc[nH]3)CC2)OC[C@H]1O.O=CO.O=CO. The minimum atomic E-state index is -0.775. The molecular formula is C22H32N6O7. The van der Waals surface area contributed by atoms with Crippen LogP contribution in [-0.2, 0) is 20.7 Å². The Labute approximate surface area is 202 Å². The number of nitrogens with zero attached hydrogens (tertiary/aromatic N) is 4. The van der Waals surface area contributed by atoms with Gasteiger partial charge in [0.05, 0.1) is 23.9 Å². The van der Waals surface area contributed by atoms with Crippen LogP contribution in [-0.4, -0.2) is 102 Å². The first-order valence-electron chi connectivity index (χ1n) is 11.1. The normalized spacial score (nSPS) is 23.1. The van der Waals surface area contributed by atoms with E-state index in [0.717, 1.165) is 44.7 Å². The van der Waals surface area contributed by atoms with Gasteiger partial charge in [0.1, 0.15) is 17.6 Å². The van der Waals surface area contributed by atoms with Crippen LogP contribution < -0.4 is 5.32 Å². The van der Waals surface area contributed by atoms with Gasteiger partial charge in [-0.3, -0.25) is 19.4 Å². The predicted octanol–water partition coefficient (Wildman–Crippen LogP) is -0.0517. The van der Waals surface area contributed by atoms with E-state index in [1.807, 2.05) is 13.1 Å². The fourth-order valence-electron chi connectivity index (χ4n) is 4.35. The first-order chi connectivity index (χ1) is 16.8. The molecule has 2 aliphatic heterocycles. The van der Waals surface area contributed by atoms with Gasteiger partial charge in [0, 0.05) is 57.3 Å². The molecule has 2 aromatic rings. The summed E-state index contributed by atoms with van der Waals surface area (Å²) in [5.74, 6) is 0.675. The molecule has 35 heavy (non-hydrogen) atoms. The number of aliphatic hydroxyl groups is 1. The third-order valence-corrected chi connectivity index (χ3v) is 6.15. The lowest BCUT2D eigenvalue weighted by atomic mass is 9.74. The summed E-state index contributed by atoms with van der Waals surface area (Å²) in [6, 6.07) is 0. The molecule has 0 bridgehead atoms. The van der Waals surface area contributed by atoms with Crippen molar-refractivity contribution in [1.29, 1.82) is 0 Å². The molecule has 5 N–H and O–H groups in total. The topological polar surface area (TPSA) is 191 Å². The zero-order chi connectivity index (χ0) is 25.7. The van der Waals surface area contributed by atoms with E-state index in [-0.39, 0.29) is 36.8 Å². The van der Waals surface area contributed by atoms with Crippen molar-refractivity contribution in [2.24, 2.45) is 0 Å². The number of aliphatic hydroxyl groups excluding tert-OH is 1. The van der Waals surface area contributed by atoms with Gasteiger partial charge in [0.15, 0.2) is 0 Å². The Hall–Kier alpha value is -3.42. The summed E-state index contributed by atoms with van der Waals surface area (Å²) in [5.41, 5.74) is -0.859.